The van der Waals surface area contributed by atoms with Crippen molar-refractivity contribution >= 4 is 23.4 Å². The first-order chi connectivity index (χ1) is 33.2. The van der Waals surface area contributed by atoms with E-state index in [-0.39, 0.29) is 62.3 Å². The highest BCUT2D eigenvalue weighted by molar-refractivity contribution is 6.03. The first kappa shape index (κ1) is 49.3. The molecule has 4 aromatic rings. The molecule has 0 radical (unpaired) electrons. The van der Waals surface area contributed by atoms with Crippen LogP contribution in [0.1, 0.15) is 91.3 Å². The van der Waals surface area contributed by atoms with E-state index in [9.17, 15) is 20.3 Å². The molecule has 1 heterocycles. The number of allylic oxidation sites excluding steroid dienone is 1. The van der Waals surface area contributed by atoms with Crippen molar-refractivity contribution in [1.29, 1.82) is 5.26 Å². The number of nitrogens with zero attached hydrogens (tertiary/aromatic N) is 3. The molecule has 1 saturated carbocycles. The predicted octanol–water partition coefficient (Wildman–Crippen LogP) is 9.57. The maximum Gasteiger partial charge on any atom is 0.417 e. The standard InChI is InChI=1S/C54H62N4O10/c1-5-26-58(52(61)38-20-18-36(34-55)19-21-38)49-33-46(57-66-35-37-14-8-7-9-15-37)43-30-39(16-10-12-27-59)42(17-11-13-28-60)50-44-31-41(23-25-47(44)68-54(49,51(43)50)65-29-6-2)67-53(62)56-45-24-22-40(63-3)32-48(45)64-4/h6-9,14-15,18-25,30-32,39,42,49-51,59-60H,2,5,10-13,16-17,26-29,33,35H2,1,3-4H3,(H,56,62). The van der Waals surface area contributed by atoms with Gasteiger partial charge in [0.1, 0.15) is 35.6 Å². The van der Waals surface area contributed by atoms with E-state index in [2.05, 4.69) is 24.0 Å². The molecule has 1 aliphatic heterocycles. The van der Waals surface area contributed by atoms with Gasteiger partial charge in [-0.25, -0.2) is 4.79 Å². The highest BCUT2D eigenvalue weighted by Crippen LogP contribution is 2.62. The van der Waals surface area contributed by atoms with Crippen LogP contribution >= 0.6 is 0 Å². The Bertz CT molecular complexity index is 2470. The minimum atomic E-state index is -1.50. The molecule has 6 unspecified atom stereocenters. The number of anilines is 1. The Labute approximate surface area is 398 Å². The van der Waals surface area contributed by atoms with Gasteiger partial charge in [0, 0.05) is 49.3 Å². The molecule has 6 atom stereocenters. The molecule has 0 spiro atoms. The van der Waals surface area contributed by atoms with Crippen molar-refractivity contribution in [3.63, 3.8) is 0 Å². The molecule has 2 aliphatic carbocycles. The van der Waals surface area contributed by atoms with Crippen molar-refractivity contribution in [2.24, 2.45) is 22.9 Å². The van der Waals surface area contributed by atoms with Gasteiger partial charge in [-0.15, -0.1) is 6.58 Å². The molecule has 0 bridgehead atoms. The van der Waals surface area contributed by atoms with E-state index in [1.165, 1.54) is 7.11 Å². The van der Waals surface area contributed by atoms with Crippen LogP contribution in [0.15, 0.2) is 120 Å². The Morgan fingerprint density at radius 3 is 2.40 bits per heavy atom. The quantitative estimate of drug-likeness (QED) is 0.0388. The van der Waals surface area contributed by atoms with Crippen LogP contribution in [0.4, 0.5) is 10.5 Å². The summed E-state index contributed by atoms with van der Waals surface area (Å²) in [5.74, 6) is -1.03. The molecular weight excluding hydrogens is 865 g/mol. The summed E-state index contributed by atoms with van der Waals surface area (Å²) in [4.78, 5) is 36.7. The number of rotatable bonds is 22. The monoisotopic (exact) mass is 926 g/mol. The minimum Gasteiger partial charge on any atom is -0.497 e. The van der Waals surface area contributed by atoms with E-state index in [4.69, 9.17) is 33.7 Å². The molecule has 7 rings (SSSR count). The van der Waals surface area contributed by atoms with Crippen LogP contribution in [0.5, 0.6) is 23.0 Å². The number of carbonyl (C=O) groups is 2. The van der Waals surface area contributed by atoms with Gasteiger partial charge in [0.15, 0.2) is 0 Å². The van der Waals surface area contributed by atoms with Gasteiger partial charge in [-0.05, 0) is 110 Å². The fourth-order valence-electron chi connectivity index (χ4n) is 10.1. The van der Waals surface area contributed by atoms with Gasteiger partial charge in [-0.1, -0.05) is 67.4 Å². The summed E-state index contributed by atoms with van der Waals surface area (Å²) in [6.07, 6.45) is 8.25. The van der Waals surface area contributed by atoms with E-state index >= 15 is 4.79 Å². The molecule has 4 aromatic carbocycles. The van der Waals surface area contributed by atoms with Crippen LogP contribution in [-0.4, -0.2) is 85.2 Å². The molecule has 0 aromatic heterocycles. The Kier molecular flexibility index (Phi) is 16.9. The zero-order valence-corrected chi connectivity index (χ0v) is 39.1. The molecule has 0 saturated heterocycles. The average Bonchev–Trinajstić information content (AvgIpc) is 3.36. The number of oxime groups is 1. The second-order valence-electron chi connectivity index (χ2n) is 17.3. The Hall–Kier alpha value is -6.66. The van der Waals surface area contributed by atoms with E-state index in [1.54, 1.807) is 67.8 Å². The number of fused-ring (bicyclic) bond motifs is 2. The number of nitriles is 1. The summed E-state index contributed by atoms with van der Waals surface area (Å²) in [6.45, 7) is 6.80. The summed E-state index contributed by atoms with van der Waals surface area (Å²) < 4.78 is 31.3. The number of nitrogens with one attached hydrogen (secondary N) is 1. The topological polar surface area (TPSA) is 181 Å². The van der Waals surface area contributed by atoms with E-state index in [0.29, 0.717) is 65.6 Å². The lowest BCUT2D eigenvalue weighted by Crippen LogP contribution is -2.70. The molecule has 14 nitrogen and oxygen atoms in total. The highest BCUT2D eigenvalue weighted by atomic mass is 16.7. The summed E-state index contributed by atoms with van der Waals surface area (Å²) in [6, 6.07) is 28.2. The van der Waals surface area contributed by atoms with E-state index < -0.39 is 23.8 Å². The van der Waals surface area contributed by atoms with E-state index in [1.807, 2.05) is 48.2 Å². The van der Waals surface area contributed by atoms with E-state index in [0.717, 1.165) is 42.4 Å². The fourth-order valence-corrected chi connectivity index (χ4v) is 10.1. The van der Waals surface area contributed by atoms with Gasteiger partial charge < -0.3 is 43.6 Å². The number of hydrogen-bond donors (Lipinski definition) is 3. The third kappa shape index (κ3) is 10.9. The SMILES string of the molecule is C=CCOC12Oc3ccc(OC(=O)Nc4ccc(OC)cc4OC)cc3C3C(CCCCO)C(CCCCO)C=C(C(=NOCc4ccccc4)CC1N(CCC)C(=O)c1ccc(C#N)cc1)C32. The molecule has 3 N–H and O–H groups in total. The molecule has 3 aliphatic rings. The van der Waals surface area contributed by atoms with Crippen molar-refractivity contribution in [1.82, 2.24) is 4.90 Å². The van der Waals surface area contributed by atoms with Crippen molar-refractivity contribution in [2.45, 2.75) is 82.6 Å². The van der Waals surface area contributed by atoms with Crippen LogP contribution in [0.2, 0.25) is 0 Å². The van der Waals surface area contributed by atoms with Gasteiger partial charge in [0.05, 0.1) is 49.8 Å². The maximum absolute atomic E-state index is 15.0. The number of unbranched alkanes of at least 4 members (excludes halogenated alkanes) is 2. The Morgan fingerprint density at radius 2 is 1.71 bits per heavy atom. The zero-order chi connectivity index (χ0) is 48.0. The summed E-state index contributed by atoms with van der Waals surface area (Å²) >= 11 is 0. The zero-order valence-electron chi connectivity index (χ0n) is 39.1. The summed E-state index contributed by atoms with van der Waals surface area (Å²) in [5.41, 5.74) is 4.49. The summed E-state index contributed by atoms with van der Waals surface area (Å²) in [5, 5.41) is 37.3. The van der Waals surface area contributed by atoms with Crippen molar-refractivity contribution in [3.05, 3.63) is 138 Å². The fraction of sp³-hybridized carbons (Fsp3) is 0.407. The summed E-state index contributed by atoms with van der Waals surface area (Å²) in [7, 11) is 3.05. The number of carbonyl (C=O) groups excluding carboxylic acids is 2. The van der Waals surface area contributed by atoms with Crippen LogP contribution in [0, 0.1) is 29.1 Å². The van der Waals surface area contributed by atoms with Crippen LogP contribution in [0.25, 0.3) is 0 Å². The number of ether oxygens (including phenoxy) is 5. The lowest BCUT2D eigenvalue weighted by Gasteiger charge is -2.60. The number of hydrogen-bond acceptors (Lipinski definition) is 12. The average molecular weight is 927 g/mol. The largest absolute Gasteiger partial charge is 0.497 e. The molecule has 2 amide bonds. The van der Waals surface area contributed by atoms with Gasteiger partial charge in [0.2, 0.25) is 5.79 Å². The number of aliphatic hydroxyl groups is 2. The van der Waals surface area contributed by atoms with Gasteiger partial charge in [-0.2, -0.15) is 5.26 Å². The first-order valence-electron chi connectivity index (χ1n) is 23.5. The number of benzene rings is 4. The number of methoxy groups -OCH3 is 2. The Morgan fingerprint density at radius 1 is 0.956 bits per heavy atom. The second kappa shape index (κ2) is 23.4. The second-order valence-corrected chi connectivity index (χ2v) is 17.3. The lowest BCUT2D eigenvalue weighted by atomic mass is 9.55. The van der Waals surface area contributed by atoms with Crippen molar-refractivity contribution in [2.75, 3.05) is 45.9 Å². The highest BCUT2D eigenvalue weighted by Gasteiger charge is 2.65. The minimum absolute atomic E-state index is 0.0159. The van der Waals surface area contributed by atoms with Crippen molar-refractivity contribution < 1.29 is 48.3 Å². The maximum atomic E-state index is 15.0. The third-order valence-corrected chi connectivity index (χ3v) is 13.1. The number of aliphatic hydroxyl groups excluding tert-OH is 2. The van der Waals surface area contributed by atoms with Crippen LogP contribution in [0.3, 0.4) is 0 Å². The third-order valence-electron chi connectivity index (χ3n) is 13.1. The smallest absolute Gasteiger partial charge is 0.417 e. The molecular formula is C54H62N4O10. The van der Waals surface area contributed by atoms with Gasteiger partial charge in [-0.3, -0.25) is 10.1 Å². The first-order valence-corrected chi connectivity index (χ1v) is 23.5. The van der Waals surface area contributed by atoms with Gasteiger partial charge in [0.25, 0.3) is 5.91 Å². The molecule has 358 valence electrons. The van der Waals surface area contributed by atoms with Crippen LogP contribution in [-0.2, 0) is 16.2 Å². The molecule has 68 heavy (non-hydrogen) atoms. The molecule has 1 fully saturated rings. The Balaban J connectivity index is 1.41. The normalized spacial score (nSPS) is 21.7. The number of amides is 2. The van der Waals surface area contributed by atoms with Gasteiger partial charge >= 0.3 is 6.09 Å². The lowest BCUT2D eigenvalue weighted by molar-refractivity contribution is -0.254. The van der Waals surface area contributed by atoms with Crippen molar-refractivity contribution in [3.8, 4) is 29.1 Å². The molecule has 14 heteroatoms. The predicted molar refractivity (Wildman–Crippen MR) is 258 cm³/mol. The van der Waals surface area contributed by atoms with Crippen LogP contribution < -0.4 is 24.3 Å².